The molecule has 29 heavy (non-hydrogen) atoms. The zero-order valence-electron chi connectivity index (χ0n) is 15.9. The van der Waals surface area contributed by atoms with E-state index in [2.05, 4.69) is 9.97 Å². The quantitative estimate of drug-likeness (QED) is 0.402. The number of nitrogens with zero attached hydrogens (tertiary/aromatic N) is 4. The number of guanidine groups is 1. The number of nitrogens with one attached hydrogen (secondary N) is 1. The summed E-state index contributed by atoms with van der Waals surface area (Å²) < 4.78 is 45.3. The van der Waals surface area contributed by atoms with Gasteiger partial charge >= 0.3 is 5.91 Å². The number of aromatic nitrogens is 2. The molecule has 0 aliphatic heterocycles. The lowest BCUT2D eigenvalue weighted by Crippen LogP contribution is -2.58. The molecule has 0 unspecified atom stereocenters. The highest BCUT2D eigenvalue weighted by atomic mass is 32.2. The van der Waals surface area contributed by atoms with E-state index in [1.165, 1.54) is 13.0 Å². The van der Waals surface area contributed by atoms with Crippen molar-refractivity contribution in [2.75, 3.05) is 0 Å². The lowest BCUT2D eigenvalue weighted by Gasteiger charge is -2.35. The first kappa shape index (κ1) is 20.7. The van der Waals surface area contributed by atoms with Crippen LogP contribution in [-0.4, -0.2) is 51.0 Å². The minimum absolute atomic E-state index is 0.0506. The summed E-state index contributed by atoms with van der Waals surface area (Å²) in [5, 5.41) is 7.66. The number of carbonyl (C=O) groups is 1. The summed E-state index contributed by atoms with van der Waals surface area (Å²) in [4.78, 5) is 20.5. The van der Waals surface area contributed by atoms with Gasteiger partial charge in [0.2, 0.25) is 5.96 Å². The molecular weight excluding hydrogens is 403 g/mol. The van der Waals surface area contributed by atoms with E-state index in [9.17, 15) is 17.6 Å². The molecule has 0 aromatic carbocycles. The van der Waals surface area contributed by atoms with E-state index in [4.69, 9.17) is 15.6 Å². The highest BCUT2D eigenvalue weighted by molar-refractivity contribution is 7.90. The Morgan fingerprint density at radius 3 is 2.48 bits per heavy atom. The largest absolute Gasteiger partial charge is 0.456 e. The molecule has 10 nitrogen and oxygen atoms in total. The fraction of sp³-hybridized carbons (Fsp3) is 0.412. The fourth-order valence-electron chi connectivity index (χ4n) is 2.73. The molecule has 2 heterocycles. The second-order valence-electron chi connectivity index (χ2n) is 6.80. The molecule has 156 valence electrons. The van der Waals surface area contributed by atoms with Crippen molar-refractivity contribution in [3.8, 4) is 0 Å². The number of nitrogens with two attached hydrogens (primary N) is 1. The number of hydrogen-bond donors (Lipinski definition) is 2. The van der Waals surface area contributed by atoms with Crippen molar-refractivity contribution in [1.29, 1.82) is 5.41 Å². The zero-order valence-corrected chi connectivity index (χ0v) is 16.7. The molecule has 2 aromatic heterocycles. The van der Waals surface area contributed by atoms with Gasteiger partial charge in [-0.15, -0.1) is 4.41 Å². The molecule has 0 spiro atoms. The van der Waals surface area contributed by atoms with Crippen LogP contribution in [0.25, 0.3) is 0 Å². The van der Waals surface area contributed by atoms with Gasteiger partial charge in [-0.05, 0) is 38.8 Å². The van der Waals surface area contributed by atoms with E-state index >= 15 is 0 Å². The van der Waals surface area contributed by atoms with Crippen molar-refractivity contribution in [1.82, 2.24) is 19.4 Å². The van der Waals surface area contributed by atoms with Crippen LogP contribution >= 0.6 is 0 Å². The Morgan fingerprint density at radius 2 is 2.00 bits per heavy atom. The van der Waals surface area contributed by atoms with Crippen LogP contribution in [-0.2, 0) is 16.4 Å². The van der Waals surface area contributed by atoms with Gasteiger partial charge in [-0.1, -0.05) is 0 Å². The first-order valence-corrected chi connectivity index (χ1v) is 10.4. The molecule has 0 bridgehead atoms. The van der Waals surface area contributed by atoms with Crippen molar-refractivity contribution >= 4 is 21.9 Å². The molecule has 3 N–H and O–H groups in total. The maximum absolute atomic E-state index is 13.2. The summed E-state index contributed by atoms with van der Waals surface area (Å²) in [7, 11) is -4.29. The molecule has 12 heteroatoms. The minimum Gasteiger partial charge on any atom is -0.456 e. The van der Waals surface area contributed by atoms with Crippen LogP contribution in [0.5, 0.6) is 0 Å². The average Bonchev–Trinajstić information content (AvgIpc) is 3.40. The monoisotopic (exact) mass is 424 g/mol. The summed E-state index contributed by atoms with van der Waals surface area (Å²) in [6, 6.07) is 2.61. The van der Waals surface area contributed by atoms with E-state index in [0.717, 1.165) is 17.4 Å². The molecule has 0 radical (unpaired) electrons. The van der Waals surface area contributed by atoms with Crippen molar-refractivity contribution in [3.05, 3.63) is 47.7 Å². The molecule has 1 saturated carbocycles. The Balaban J connectivity index is 1.92. The van der Waals surface area contributed by atoms with Crippen molar-refractivity contribution in [2.45, 2.75) is 44.4 Å². The van der Waals surface area contributed by atoms with E-state index in [1.54, 1.807) is 13.0 Å². The first-order valence-electron chi connectivity index (χ1n) is 8.85. The topological polar surface area (TPSA) is 146 Å². The third-order valence-corrected chi connectivity index (χ3v) is 6.39. The number of halogens is 1. The Hall–Kier alpha value is -3.02. The van der Waals surface area contributed by atoms with E-state index in [-0.39, 0.29) is 18.0 Å². The van der Waals surface area contributed by atoms with Crippen molar-refractivity contribution < 1.29 is 22.0 Å². The molecule has 1 amide bonds. The van der Waals surface area contributed by atoms with Gasteiger partial charge in [0, 0.05) is 6.42 Å². The Morgan fingerprint density at radius 1 is 1.38 bits per heavy atom. The number of sulfonamides is 1. The lowest BCUT2D eigenvalue weighted by molar-refractivity contribution is 0.0465. The summed E-state index contributed by atoms with van der Waals surface area (Å²) in [6.07, 6.45) is 2.85. The van der Waals surface area contributed by atoms with Gasteiger partial charge in [0.25, 0.3) is 10.0 Å². The molecule has 1 aliphatic carbocycles. The smallest absolute Gasteiger partial charge is 0.309 e. The molecule has 1 aliphatic rings. The van der Waals surface area contributed by atoms with Gasteiger partial charge in [0.05, 0.1) is 23.7 Å². The number of rotatable bonds is 6. The average molecular weight is 424 g/mol. The van der Waals surface area contributed by atoms with E-state index in [0.29, 0.717) is 23.0 Å². The van der Waals surface area contributed by atoms with Gasteiger partial charge < -0.3 is 10.2 Å². The van der Waals surface area contributed by atoms with Crippen LogP contribution in [0.2, 0.25) is 0 Å². The summed E-state index contributed by atoms with van der Waals surface area (Å²) in [5.41, 5.74) is 5.59. The van der Waals surface area contributed by atoms with Crippen molar-refractivity contribution in [2.24, 2.45) is 5.73 Å². The van der Waals surface area contributed by atoms with Crippen LogP contribution in [0.1, 0.15) is 41.9 Å². The van der Waals surface area contributed by atoms with Gasteiger partial charge in [-0.25, -0.2) is 27.8 Å². The molecular formula is C17H21FN6O4S. The molecule has 1 fully saturated rings. The molecule has 2 aromatic rings. The maximum Gasteiger partial charge on any atom is 0.309 e. The lowest BCUT2D eigenvalue weighted by atomic mass is 10.3. The third kappa shape index (κ3) is 4.36. The zero-order chi connectivity index (χ0) is 21.3. The summed E-state index contributed by atoms with van der Waals surface area (Å²) in [5.74, 6) is -1.62. The number of carbonyl (C=O) groups excluding carboxylic acids is 1. The fourth-order valence-corrected chi connectivity index (χ4v) is 4.16. The first-order chi connectivity index (χ1) is 13.6. The van der Waals surface area contributed by atoms with Gasteiger partial charge in [0.15, 0.2) is 11.6 Å². The summed E-state index contributed by atoms with van der Waals surface area (Å²) in [6.45, 7) is 3.03. The Kier molecular flexibility index (Phi) is 5.55. The summed E-state index contributed by atoms with van der Waals surface area (Å²) >= 11 is 0. The van der Waals surface area contributed by atoms with Crippen LogP contribution in [0.4, 0.5) is 4.39 Å². The number of furan rings is 1. The number of hydrazine groups is 1. The van der Waals surface area contributed by atoms with Gasteiger partial charge in [0.1, 0.15) is 11.6 Å². The Labute approximate surface area is 167 Å². The second kappa shape index (κ2) is 7.78. The highest BCUT2D eigenvalue weighted by Gasteiger charge is 2.45. The maximum atomic E-state index is 13.2. The minimum atomic E-state index is -4.29. The van der Waals surface area contributed by atoms with Gasteiger partial charge in [-0.2, -0.15) is 0 Å². The normalized spacial score (nSPS) is 15.0. The number of amides is 1. The van der Waals surface area contributed by atoms with Crippen molar-refractivity contribution in [3.63, 3.8) is 0 Å². The second-order valence-corrected chi connectivity index (χ2v) is 8.98. The third-order valence-electron chi connectivity index (χ3n) is 4.35. The highest BCUT2D eigenvalue weighted by Crippen LogP contribution is 2.32. The van der Waals surface area contributed by atoms with Crippen LogP contribution < -0.4 is 5.73 Å². The Bertz CT molecular complexity index is 1020. The predicted octanol–water partition coefficient (Wildman–Crippen LogP) is 1.19. The standard InChI is InChI=1S/C17H21FN6O4S/c1-10-3-6-14(28-10)16(25)23(13-4-5-13)24(17(19)20)29(26,27)11(2)7-15-21-8-12(18)9-22-15/h3,6,8-9,11,13H,4-5,7H2,1-2H3,(H3,19,20)/t11-/m0/s1. The predicted molar refractivity (Wildman–Crippen MR) is 100 cm³/mol. The van der Waals surface area contributed by atoms with Crippen LogP contribution in [0.3, 0.4) is 0 Å². The number of hydrogen-bond acceptors (Lipinski definition) is 7. The van der Waals surface area contributed by atoms with Crippen LogP contribution in [0, 0.1) is 18.2 Å². The number of aryl methyl sites for hydroxylation is 1. The van der Waals surface area contributed by atoms with Crippen LogP contribution in [0.15, 0.2) is 28.9 Å². The van der Waals surface area contributed by atoms with E-state index in [1.807, 2.05) is 0 Å². The molecule has 3 rings (SSSR count). The van der Waals surface area contributed by atoms with Gasteiger partial charge in [-0.3, -0.25) is 10.2 Å². The SMILES string of the molecule is Cc1ccc(C(=O)N(C2CC2)N(C(=N)N)S(=O)(=O)[C@@H](C)Cc2ncc(F)cn2)o1. The molecule has 0 saturated heterocycles. The molecule has 1 atom stereocenters. The van der Waals surface area contributed by atoms with E-state index < -0.39 is 39.0 Å².